The van der Waals surface area contributed by atoms with E-state index in [0.717, 1.165) is 76.6 Å². The van der Waals surface area contributed by atoms with Crippen molar-refractivity contribution in [3.63, 3.8) is 0 Å². The number of benzene rings is 2. The molecule has 1 aliphatic carbocycles. The first kappa shape index (κ1) is 23.3. The number of nitrogens with zero attached hydrogens (tertiary/aromatic N) is 1. The zero-order valence-electron chi connectivity index (χ0n) is 19.6. The Bertz CT molecular complexity index is 969. The minimum Gasteiger partial charge on any atom is -0.478 e. The number of hydrogen-bond acceptors (Lipinski definition) is 5. The summed E-state index contributed by atoms with van der Waals surface area (Å²) < 4.78 is 6.17. The molecule has 0 aromatic heterocycles. The lowest BCUT2D eigenvalue weighted by molar-refractivity contribution is -0.123. The molecule has 0 bridgehead atoms. The lowest BCUT2D eigenvalue weighted by atomic mass is 9.86. The number of amides is 1. The molecule has 6 nitrogen and oxygen atoms in total. The van der Waals surface area contributed by atoms with Gasteiger partial charge in [0, 0.05) is 38.8 Å². The molecule has 0 unspecified atom stereocenters. The van der Waals surface area contributed by atoms with E-state index in [1.165, 1.54) is 11.1 Å². The maximum atomic E-state index is 12.7. The molecular weight excluding hydrogens is 414 g/mol. The number of carbonyl (C=O) groups is 2. The summed E-state index contributed by atoms with van der Waals surface area (Å²) >= 11 is 0. The topological polar surface area (TPSA) is 70.7 Å². The quantitative estimate of drug-likeness (QED) is 0.444. The van der Waals surface area contributed by atoms with Gasteiger partial charge in [0.05, 0.1) is 5.69 Å². The van der Waals surface area contributed by atoms with E-state index >= 15 is 0 Å². The third kappa shape index (κ3) is 5.74. The van der Waals surface area contributed by atoms with Crippen molar-refractivity contribution in [3.05, 3.63) is 59.2 Å². The van der Waals surface area contributed by atoms with E-state index in [-0.39, 0.29) is 5.91 Å². The molecule has 2 aromatic carbocycles. The molecule has 1 heterocycles. The van der Waals surface area contributed by atoms with Crippen LogP contribution in [-0.2, 0) is 17.8 Å². The van der Waals surface area contributed by atoms with E-state index < -0.39 is 5.60 Å². The molecule has 1 fully saturated rings. The molecule has 6 heteroatoms. The molecule has 2 aromatic rings. The molecule has 1 amide bonds. The Balaban J connectivity index is 1.28. The van der Waals surface area contributed by atoms with Crippen molar-refractivity contribution in [2.75, 3.05) is 32.0 Å². The number of ether oxygens (including phenoxy) is 1. The number of hydrogen-bond donors (Lipinski definition) is 2. The molecule has 0 radical (unpaired) electrons. The summed E-state index contributed by atoms with van der Waals surface area (Å²) in [5.41, 5.74) is 3.43. The number of aldehydes is 1. The van der Waals surface area contributed by atoms with E-state index in [1.807, 2.05) is 0 Å². The first-order chi connectivity index (χ1) is 16.1. The molecule has 1 saturated carbocycles. The van der Waals surface area contributed by atoms with Crippen LogP contribution in [0.5, 0.6) is 5.75 Å². The van der Waals surface area contributed by atoms with E-state index in [9.17, 15) is 9.59 Å². The van der Waals surface area contributed by atoms with Crippen LogP contribution in [0.2, 0.25) is 0 Å². The summed E-state index contributed by atoms with van der Waals surface area (Å²) in [4.78, 5) is 26.9. The van der Waals surface area contributed by atoms with Gasteiger partial charge in [0.2, 0.25) is 0 Å². The second-order valence-corrected chi connectivity index (χ2v) is 9.21. The van der Waals surface area contributed by atoms with Gasteiger partial charge in [0.25, 0.3) is 5.91 Å². The van der Waals surface area contributed by atoms with Gasteiger partial charge in [-0.05, 0) is 67.9 Å². The van der Waals surface area contributed by atoms with Crippen molar-refractivity contribution in [1.82, 2.24) is 10.2 Å². The molecule has 1 aliphatic heterocycles. The van der Waals surface area contributed by atoms with Crippen LogP contribution in [-0.4, -0.2) is 49.4 Å². The lowest BCUT2D eigenvalue weighted by Crippen LogP contribution is -2.40. The fraction of sp³-hybridized carbons (Fsp3) is 0.481. The van der Waals surface area contributed by atoms with Crippen LogP contribution >= 0.6 is 0 Å². The zero-order valence-corrected chi connectivity index (χ0v) is 19.6. The van der Waals surface area contributed by atoms with Crippen molar-refractivity contribution < 1.29 is 14.3 Å². The molecule has 4 rings (SSSR count). The number of fused-ring (bicyclic) bond motifs is 1. The lowest BCUT2D eigenvalue weighted by Gasteiger charge is -2.33. The fourth-order valence-electron chi connectivity index (χ4n) is 4.92. The molecule has 2 aliphatic rings. The molecule has 0 saturated heterocycles. The summed E-state index contributed by atoms with van der Waals surface area (Å²) in [5, 5.41) is 6.15. The highest BCUT2D eigenvalue weighted by molar-refractivity contribution is 5.95. The van der Waals surface area contributed by atoms with Crippen LogP contribution in [0.1, 0.15) is 60.0 Å². The Hall–Kier alpha value is -2.86. The normalized spacial score (nSPS) is 17.6. The van der Waals surface area contributed by atoms with E-state index in [2.05, 4.69) is 39.8 Å². The Morgan fingerprint density at radius 3 is 2.67 bits per heavy atom. The fourth-order valence-corrected chi connectivity index (χ4v) is 4.92. The predicted molar refractivity (Wildman–Crippen MR) is 131 cm³/mol. The van der Waals surface area contributed by atoms with Gasteiger partial charge >= 0.3 is 0 Å². The summed E-state index contributed by atoms with van der Waals surface area (Å²) in [6, 6.07) is 14.0. The number of nitrogens with one attached hydrogen (secondary N) is 2. The van der Waals surface area contributed by atoms with Crippen molar-refractivity contribution >= 4 is 17.9 Å². The Morgan fingerprint density at radius 1 is 1.12 bits per heavy atom. The standard InChI is InChI=1S/C27H35N3O3/c1-28-24-18-22(10-11-25(24)33-27(20-31)13-5-2-6-14-27)26(32)29-15-7-16-30-17-12-21-8-3-4-9-23(21)19-30/h3-4,8-11,18,20,28H,2,5-7,12-17,19H2,1H3,(H,29,32). The Kier molecular flexibility index (Phi) is 7.65. The molecule has 0 atom stereocenters. The van der Waals surface area contributed by atoms with Gasteiger partial charge in [-0.25, -0.2) is 0 Å². The second-order valence-electron chi connectivity index (χ2n) is 9.21. The van der Waals surface area contributed by atoms with E-state index in [4.69, 9.17) is 4.74 Å². The highest BCUT2D eigenvalue weighted by Gasteiger charge is 2.34. The van der Waals surface area contributed by atoms with Gasteiger partial charge in [0.1, 0.15) is 5.75 Å². The first-order valence-electron chi connectivity index (χ1n) is 12.2. The molecular formula is C27H35N3O3. The average Bonchev–Trinajstić information content (AvgIpc) is 2.87. The Morgan fingerprint density at radius 2 is 1.91 bits per heavy atom. The van der Waals surface area contributed by atoms with Crippen LogP contribution in [0.15, 0.2) is 42.5 Å². The largest absolute Gasteiger partial charge is 0.478 e. The average molecular weight is 450 g/mol. The third-order valence-electron chi connectivity index (χ3n) is 6.89. The van der Waals surface area contributed by atoms with Gasteiger partial charge in [-0.3, -0.25) is 14.5 Å². The first-order valence-corrected chi connectivity index (χ1v) is 12.2. The Labute approximate surface area is 196 Å². The minimum atomic E-state index is -0.747. The number of rotatable bonds is 9. The van der Waals surface area contributed by atoms with Crippen molar-refractivity contribution in [1.29, 1.82) is 0 Å². The third-order valence-corrected chi connectivity index (χ3v) is 6.89. The smallest absolute Gasteiger partial charge is 0.251 e. The van der Waals surface area contributed by atoms with Gasteiger partial charge < -0.3 is 15.4 Å². The predicted octanol–water partition coefficient (Wildman–Crippen LogP) is 4.19. The maximum Gasteiger partial charge on any atom is 0.251 e. The van der Waals surface area contributed by atoms with E-state index in [1.54, 1.807) is 25.2 Å². The highest BCUT2D eigenvalue weighted by atomic mass is 16.5. The van der Waals surface area contributed by atoms with Crippen molar-refractivity contribution in [2.45, 2.75) is 57.1 Å². The van der Waals surface area contributed by atoms with Gasteiger partial charge in [-0.2, -0.15) is 0 Å². The summed E-state index contributed by atoms with van der Waals surface area (Å²) in [5.74, 6) is 0.526. The zero-order chi connectivity index (χ0) is 23.1. The van der Waals surface area contributed by atoms with Crippen LogP contribution in [0.4, 0.5) is 5.69 Å². The van der Waals surface area contributed by atoms with Gasteiger partial charge in [0.15, 0.2) is 11.9 Å². The van der Waals surface area contributed by atoms with Crippen LogP contribution < -0.4 is 15.4 Å². The summed E-state index contributed by atoms with van der Waals surface area (Å²) in [6.45, 7) is 3.66. The van der Waals surface area contributed by atoms with Gasteiger partial charge in [-0.1, -0.05) is 30.7 Å². The SMILES string of the molecule is CNc1cc(C(=O)NCCCN2CCc3ccccc3C2)ccc1OC1(C=O)CCCCC1. The molecule has 0 spiro atoms. The highest BCUT2D eigenvalue weighted by Crippen LogP contribution is 2.35. The number of anilines is 1. The monoisotopic (exact) mass is 449 g/mol. The maximum absolute atomic E-state index is 12.7. The molecule has 2 N–H and O–H groups in total. The van der Waals surface area contributed by atoms with Gasteiger partial charge in [-0.15, -0.1) is 0 Å². The minimum absolute atomic E-state index is 0.0928. The molecule has 33 heavy (non-hydrogen) atoms. The van der Waals surface area contributed by atoms with Crippen molar-refractivity contribution in [3.8, 4) is 5.75 Å². The summed E-state index contributed by atoms with van der Waals surface area (Å²) in [7, 11) is 1.80. The number of carbonyl (C=O) groups excluding carboxylic acids is 2. The van der Waals surface area contributed by atoms with Crippen LogP contribution in [0, 0.1) is 0 Å². The molecule has 176 valence electrons. The van der Waals surface area contributed by atoms with Crippen LogP contribution in [0.25, 0.3) is 0 Å². The second kappa shape index (κ2) is 10.8. The van der Waals surface area contributed by atoms with Crippen molar-refractivity contribution in [2.24, 2.45) is 0 Å². The van der Waals surface area contributed by atoms with Crippen LogP contribution in [0.3, 0.4) is 0 Å². The summed E-state index contributed by atoms with van der Waals surface area (Å²) in [6.07, 6.45) is 7.57. The van der Waals surface area contributed by atoms with E-state index in [0.29, 0.717) is 17.9 Å².